The highest BCUT2D eigenvalue weighted by molar-refractivity contribution is 7.99. The minimum absolute atomic E-state index is 0.121. The topological polar surface area (TPSA) is 73.2 Å². The molecule has 6 nitrogen and oxygen atoms in total. The van der Waals surface area contributed by atoms with Crippen LogP contribution in [0.4, 0.5) is 0 Å². The normalized spacial score (nSPS) is 10.8. The summed E-state index contributed by atoms with van der Waals surface area (Å²) in [7, 11) is 0. The lowest BCUT2D eigenvalue weighted by atomic mass is 10.1. The largest absolute Gasteiger partial charge is 0.494 e. The molecule has 3 aromatic carbocycles. The first-order valence-corrected chi connectivity index (χ1v) is 11.7. The predicted octanol–water partition coefficient (Wildman–Crippen LogP) is 4.50. The zero-order valence-corrected chi connectivity index (χ0v) is 19.4. The average molecular weight is 460 g/mol. The van der Waals surface area contributed by atoms with Gasteiger partial charge in [0, 0.05) is 6.54 Å². The van der Waals surface area contributed by atoms with Crippen molar-refractivity contribution < 1.29 is 9.53 Å². The van der Waals surface area contributed by atoms with Crippen LogP contribution in [0.3, 0.4) is 0 Å². The Morgan fingerprint density at radius 2 is 1.76 bits per heavy atom. The summed E-state index contributed by atoms with van der Waals surface area (Å²) in [6, 6.07) is 22.5. The van der Waals surface area contributed by atoms with Gasteiger partial charge in [0.05, 0.1) is 29.0 Å². The number of fused-ring (bicyclic) bond motifs is 1. The van der Waals surface area contributed by atoms with Gasteiger partial charge in [-0.2, -0.15) is 0 Å². The molecule has 0 aliphatic heterocycles. The van der Waals surface area contributed by atoms with E-state index < -0.39 is 0 Å². The van der Waals surface area contributed by atoms with Gasteiger partial charge in [0.15, 0.2) is 5.16 Å². The molecule has 0 bridgehead atoms. The average Bonchev–Trinajstić information content (AvgIpc) is 2.83. The van der Waals surface area contributed by atoms with E-state index in [1.807, 2.05) is 80.6 Å². The highest BCUT2D eigenvalue weighted by Gasteiger charge is 2.15. The summed E-state index contributed by atoms with van der Waals surface area (Å²) in [4.78, 5) is 30.6. The molecule has 1 amide bonds. The van der Waals surface area contributed by atoms with E-state index in [0.717, 1.165) is 16.9 Å². The monoisotopic (exact) mass is 459 g/mol. The van der Waals surface area contributed by atoms with Crippen molar-refractivity contribution in [3.63, 3.8) is 0 Å². The number of hydrogen-bond acceptors (Lipinski definition) is 5. The molecule has 168 valence electrons. The minimum Gasteiger partial charge on any atom is -0.494 e. The van der Waals surface area contributed by atoms with Crippen molar-refractivity contribution >= 4 is 28.6 Å². The smallest absolute Gasteiger partial charge is 0.266 e. The number of aryl methyl sites for hydroxylation is 1. The Hall–Kier alpha value is -3.58. The van der Waals surface area contributed by atoms with Crippen LogP contribution in [0.2, 0.25) is 0 Å². The van der Waals surface area contributed by atoms with E-state index in [2.05, 4.69) is 5.32 Å². The van der Waals surface area contributed by atoms with Crippen molar-refractivity contribution in [2.24, 2.45) is 0 Å². The summed E-state index contributed by atoms with van der Waals surface area (Å²) in [5.41, 5.74) is 3.31. The third kappa shape index (κ3) is 5.26. The molecular formula is C26H25N3O3S. The maximum atomic E-state index is 13.3. The van der Waals surface area contributed by atoms with Crippen LogP contribution in [-0.2, 0) is 11.3 Å². The Kier molecular flexibility index (Phi) is 7.10. The maximum absolute atomic E-state index is 13.3. The van der Waals surface area contributed by atoms with Gasteiger partial charge in [-0.3, -0.25) is 14.2 Å². The SMILES string of the molecule is CCOc1ccc(-n2c(SCC(=O)NCc3ccccc3C)nc3ccccc3c2=O)cc1. The van der Waals surface area contributed by atoms with Crippen molar-refractivity contribution in [2.75, 3.05) is 12.4 Å². The Balaban J connectivity index is 1.59. The van der Waals surface area contributed by atoms with Crippen LogP contribution in [0.25, 0.3) is 16.6 Å². The van der Waals surface area contributed by atoms with E-state index in [1.165, 1.54) is 11.8 Å². The molecule has 1 aromatic heterocycles. The second-order valence-corrected chi connectivity index (χ2v) is 8.41. The van der Waals surface area contributed by atoms with Crippen molar-refractivity contribution in [3.8, 4) is 11.4 Å². The molecule has 0 saturated heterocycles. The maximum Gasteiger partial charge on any atom is 0.266 e. The molecular weight excluding hydrogens is 434 g/mol. The number of benzene rings is 3. The summed E-state index contributed by atoms with van der Waals surface area (Å²) in [6.07, 6.45) is 0. The van der Waals surface area contributed by atoms with Crippen LogP contribution < -0.4 is 15.6 Å². The van der Waals surface area contributed by atoms with Gasteiger partial charge in [-0.05, 0) is 61.4 Å². The molecule has 0 aliphatic carbocycles. The van der Waals surface area contributed by atoms with E-state index in [9.17, 15) is 9.59 Å². The second kappa shape index (κ2) is 10.4. The summed E-state index contributed by atoms with van der Waals surface area (Å²) < 4.78 is 7.07. The highest BCUT2D eigenvalue weighted by atomic mass is 32.2. The fraction of sp³-hybridized carbons (Fsp3) is 0.192. The summed E-state index contributed by atoms with van der Waals surface area (Å²) in [6.45, 7) is 4.97. The molecule has 0 saturated carbocycles. The Morgan fingerprint density at radius 1 is 1.03 bits per heavy atom. The first-order chi connectivity index (χ1) is 16.1. The van der Waals surface area contributed by atoms with Crippen molar-refractivity contribution in [1.82, 2.24) is 14.9 Å². The van der Waals surface area contributed by atoms with Crippen LogP contribution in [0.15, 0.2) is 82.7 Å². The number of aromatic nitrogens is 2. The van der Waals surface area contributed by atoms with Crippen LogP contribution in [0.1, 0.15) is 18.1 Å². The van der Waals surface area contributed by atoms with E-state index in [4.69, 9.17) is 9.72 Å². The quantitative estimate of drug-likeness (QED) is 0.310. The number of hydrogen-bond donors (Lipinski definition) is 1. The third-order valence-corrected chi connectivity index (χ3v) is 6.16. The van der Waals surface area contributed by atoms with Crippen LogP contribution in [0.5, 0.6) is 5.75 Å². The van der Waals surface area contributed by atoms with Gasteiger partial charge >= 0.3 is 0 Å². The highest BCUT2D eigenvalue weighted by Crippen LogP contribution is 2.23. The molecule has 1 N–H and O–H groups in total. The predicted molar refractivity (Wildman–Crippen MR) is 132 cm³/mol. The van der Waals surface area contributed by atoms with Gasteiger partial charge in [-0.1, -0.05) is 48.2 Å². The zero-order chi connectivity index (χ0) is 23.2. The van der Waals surface area contributed by atoms with E-state index in [1.54, 1.807) is 10.6 Å². The first kappa shape index (κ1) is 22.6. The van der Waals surface area contributed by atoms with E-state index >= 15 is 0 Å². The van der Waals surface area contributed by atoms with E-state index in [0.29, 0.717) is 34.9 Å². The molecule has 0 unspecified atom stereocenters. The van der Waals surface area contributed by atoms with Crippen LogP contribution in [0, 0.1) is 6.92 Å². The minimum atomic E-state index is -0.174. The van der Waals surface area contributed by atoms with Gasteiger partial charge in [-0.15, -0.1) is 0 Å². The van der Waals surface area contributed by atoms with Crippen molar-refractivity contribution in [1.29, 1.82) is 0 Å². The molecule has 33 heavy (non-hydrogen) atoms. The number of nitrogens with zero attached hydrogens (tertiary/aromatic N) is 2. The molecule has 0 spiro atoms. The number of ether oxygens (including phenoxy) is 1. The van der Waals surface area contributed by atoms with Crippen molar-refractivity contribution in [3.05, 3.63) is 94.3 Å². The van der Waals surface area contributed by atoms with Gasteiger partial charge in [0.1, 0.15) is 5.75 Å². The van der Waals surface area contributed by atoms with Gasteiger partial charge in [0.2, 0.25) is 5.91 Å². The molecule has 7 heteroatoms. The van der Waals surface area contributed by atoms with Gasteiger partial charge in [-0.25, -0.2) is 4.98 Å². The number of para-hydroxylation sites is 1. The molecule has 0 atom stereocenters. The molecule has 0 radical (unpaired) electrons. The Labute approximate surface area is 196 Å². The zero-order valence-electron chi connectivity index (χ0n) is 18.6. The Bertz CT molecular complexity index is 1330. The first-order valence-electron chi connectivity index (χ1n) is 10.8. The lowest BCUT2D eigenvalue weighted by molar-refractivity contribution is -0.118. The third-order valence-electron chi connectivity index (χ3n) is 5.22. The van der Waals surface area contributed by atoms with Crippen molar-refractivity contribution in [2.45, 2.75) is 25.5 Å². The van der Waals surface area contributed by atoms with Crippen LogP contribution in [-0.4, -0.2) is 27.8 Å². The number of carbonyl (C=O) groups is 1. The second-order valence-electron chi connectivity index (χ2n) is 7.47. The van der Waals surface area contributed by atoms with Crippen LogP contribution >= 0.6 is 11.8 Å². The summed E-state index contributed by atoms with van der Waals surface area (Å²) in [5.74, 6) is 0.755. The molecule has 4 rings (SSSR count). The number of nitrogens with one attached hydrogen (secondary N) is 1. The molecule has 1 heterocycles. The summed E-state index contributed by atoms with van der Waals surface area (Å²) >= 11 is 1.24. The van der Waals surface area contributed by atoms with E-state index in [-0.39, 0.29) is 17.2 Å². The molecule has 0 aliphatic rings. The lowest BCUT2D eigenvalue weighted by Crippen LogP contribution is -2.26. The Morgan fingerprint density at radius 3 is 2.52 bits per heavy atom. The number of carbonyl (C=O) groups excluding carboxylic acids is 1. The molecule has 4 aromatic rings. The summed E-state index contributed by atoms with van der Waals surface area (Å²) in [5, 5.41) is 3.95. The molecule has 0 fully saturated rings. The van der Waals surface area contributed by atoms with Gasteiger partial charge < -0.3 is 10.1 Å². The fourth-order valence-electron chi connectivity index (χ4n) is 3.48. The van der Waals surface area contributed by atoms with Gasteiger partial charge in [0.25, 0.3) is 5.56 Å². The number of amides is 1. The number of rotatable bonds is 8. The fourth-order valence-corrected chi connectivity index (χ4v) is 4.32. The lowest BCUT2D eigenvalue weighted by Gasteiger charge is -2.14. The number of thioether (sulfide) groups is 1. The standard InChI is InChI=1S/C26H25N3O3S/c1-3-32-21-14-12-20(13-15-21)29-25(31)22-10-6-7-11-23(22)28-26(29)33-17-24(30)27-16-19-9-5-4-8-18(19)2/h4-15H,3,16-17H2,1-2H3,(H,27,30).